The fraction of sp³-hybridized carbons (Fsp3) is 0.917. The number of carboxylic acid groups (broad SMARTS) is 1. The van der Waals surface area contributed by atoms with E-state index >= 15 is 0 Å². The molecule has 0 fully saturated rings. The zero-order chi connectivity index (χ0) is 13.7. The summed E-state index contributed by atoms with van der Waals surface area (Å²) in [4.78, 5) is 13.4. The third-order valence-corrected chi connectivity index (χ3v) is 2.88. The molecular weight excluding hydrogens is 220 g/mol. The van der Waals surface area contributed by atoms with Crippen LogP contribution in [0.15, 0.2) is 0 Å². The van der Waals surface area contributed by atoms with E-state index in [0.29, 0.717) is 13.0 Å². The summed E-state index contributed by atoms with van der Waals surface area (Å²) in [7, 11) is 5.51. The average Bonchev–Trinajstić information content (AvgIpc) is 2.16. The molecule has 5 heteroatoms. The van der Waals surface area contributed by atoms with E-state index in [1.54, 1.807) is 14.0 Å². The Kier molecular flexibility index (Phi) is 6.09. The van der Waals surface area contributed by atoms with Crippen molar-refractivity contribution in [2.45, 2.75) is 38.3 Å². The van der Waals surface area contributed by atoms with Crippen molar-refractivity contribution in [3.63, 3.8) is 0 Å². The van der Waals surface area contributed by atoms with Crippen molar-refractivity contribution in [1.82, 2.24) is 10.2 Å². The number of likely N-dealkylation sites (N-methyl/N-ethyl adjacent to an activating group) is 1. The molecule has 1 unspecified atom stereocenters. The van der Waals surface area contributed by atoms with Gasteiger partial charge in [0.1, 0.15) is 5.54 Å². The maximum absolute atomic E-state index is 11.4. The number of methoxy groups -OCH3 is 1. The first kappa shape index (κ1) is 16.4. The highest BCUT2D eigenvalue weighted by molar-refractivity contribution is 5.78. The predicted molar refractivity (Wildman–Crippen MR) is 68.3 cm³/mol. The molecule has 0 aromatic rings. The van der Waals surface area contributed by atoms with Crippen LogP contribution in [0.5, 0.6) is 0 Å². The topological polar surface area (TPSA) is 61.8 Å². The summed E-state index contributed by atoms with van der Waals surface area (Å²) >= 11 is 0. The Labute approximate surface area is 104 Å². The van der Waals surface area contributed by atoms with Gasteiger partial charge in [0.25, 0.3) is 0 Å². The number of hydrogen-bond acceptors (Lipinski definition) is 4. The minimum Gasteiger partial charge on any atom is -0.480 e. The molecule has 0 radical (unpaired) electrons. The van der Waals surface area contributed by atoms with E-state index in [1.165, 1.54) is 0 Å². The normalized spacial score (nSPS) is 15.9. The molecule has 0 saturated carbocycles. The Bertz CT molecular complexity index is 254. The molecule has 0 heterocycles. The molecule has 0 aliphatic rings. The second-order valence-corrected chi connectivity index (χ2v) is 5.51. The highest BCUT2D eigenvalue weighted by Crippen LogP contribution is 2.23. The first-order valence-corrected chi connectivity index (χ1v) is 5.81. The zero-order valence-corrected chi connectivity index (χ0v) is 11.8. The fourth-order valence-electron chi connectivity index (χ4n) is 1.69. The van der Waals surface area contributed by atoms with Crippen molar-refractivity contribution in [1.29, 1.82) is 0 Å². The van der Waals surface area contributed by atoms with Crippen molar-refractivity contribution >= 4 is 5.97 Å². The van der Waals surface area contributed by atoms with Crippen LogP contribution in [-0.2, 0) is 9.53 Å². The number of nitrogens with one attached hydrogen (secondary N) is 1. The standard InChI is InChI=1S/C12H26N2O3/c1-11(2,17-6)9-12(3,10(15)16)13-7-8-14(4)5/h13H,7-9H2,1-6H3,(H,15,16). The quantitative estimate of drug-likeness (QED) is 0.663. The summed E-state index contributed by atoms with van der Waals surface area (Å²) in [5.41, 5.74) is -1.42. The van der Waals surface area contributed by atoms with Gasteiger partial charge in [0.2, 0.25) is 0 Å². The van der Waals surface area contributed by atoms with E-state index in [0.717, 1.165) is 6.54 Å². The molecule has 17 heavy (non-hydrogen) atoms. The minimum absolute atomic E-state index is 0.416. The minimum atomic E-state index is -0.963. The van der Waals surface area contributed by atoms with Crippen LogP contribution in [0, 0.1) is 0 Å². The van der Waals surface area contributed by atoms with Gasteiger partial charge in [0, 0.05) is 26.6 Å². The summed E-state index contributed by atoms with van der Waals surface area (Å²) in [6, 6.07) is 0. The Morgan fingerprint density at radius 3 is 2.24 bits per heavy atom. The lowest BCUT2D eigenvalue weighted by molar-refractivity contribution is -0.147. The first-order chi connectivity index (χ1) is 7.63. The van der Waals surface area contributed by atoms with Crippen LogP contribution in [0.2, 0.25) is 0 Å². The van der Waals surface area contributed by atoms with Crippen LogP contribution in [0.25, 0.3) is 0 Å². The number of carboxylic acids is 1. The molecule has 0 rings (SSSR count). The largest absolute Gasteiger partial charge is 0.480 e. The lowest BCUT2D eigenvalue weighted by atomic mass is 9.87. The van der Waals surface area contributed by atoms with Gasteiger partial charge in [0.05, 0.1) is 5.60 Å². The van der Waals surface area contributed by atoms with Crippen molar-refractivity contribution < 1.29 is 14.6 Å². The van der Waals surface area contributed by atoms with Crippen LogP contribution >= 0.6 is 0 Å². The van der Waals surface area contributed by atoms with Crippen LogP contribution in [0.1, 0.15) is 27.2 Å². The molecule has 0 aromatic carbocycles. The Hall–Kier alpha value is -0.650. The summed E-state index contributed by atoms with van der Waals surface area (Å²) < 4.78 is 5.30. The Morgan fingerprint density at radius 2 is 1.88 bits per heavy atom. The van der Waals surface area contributed by atoms with Crippen LogP contribution < -0.4 is 5.32 Å². The van der Waals surface area contributed by atoms with Gasteiger partial charge >= 0.3 is 5.97 Å². The van der Waals surface area contributed by atoms with Crippen molar-refractivity contribution in [3.8, 4) is 0 Å². The summed E-state index contributed by atoms with van der Waals surface area (Å²) in [6.07, 6.45) is 0.416. The number of ether oxygens (including phenoxy) is 1. The van der Waals surface area contributed by atoms with Gasteiger partial charge in [-0.1, -0.05) is 0 Å². The predicted octanol–water partition coefficient (Wildman–Crippen LogP) is 0.796. The zero-order valence-electron chi connectivity index (χ0n) is 11.8. The highest BCUT2D eigenvalue weighted by atomic mass is 16.5. The lowest BCUT2D eigenvalue weighted by Gasteiger charge is -2.34. The van der Waals surface area contributed by atoms with Gasteiger partial charge in [-0.2, -0.15) is 0 Å². The second kappa shape index (κ2) is 6.33. The molecule has 5 nitrogen and oxygen atoms in total. The third-order valence-electron chi connectivity index (χ3n) is 2.88. The van der Waals surface area contributed by atoms with Crippen molar-refractivity contribution in [2.75, 3.05) is 34.3 Å². The molecule has 1 atom stereocenters. The summed E-state index contributed by atoms with van der Waals surface area (Å²) in [5, 5.41) is 12.4. The monoisotopic (exact) mass is 246 g/mol. The maximum atomic E-state index is 11.4. The van der Waals surface area contributed by atoms with E-state index in [4.69, 9.17) is 4.74 Å². The molecule has 102 valence electrons. The molecule has 0 aromatic heterocycles. The van der Waals surface area contributed by atoms with Crippen molar-refractivity contribution in [2.24, 2.45) is 0 Å². The lowest BCUT2D eigenvalue weighted by Crippen LogP contribution is -2.55. The number of aliphatic carboxylic acids is 1. The van der Waals surface area contributed by atoms with Gasteiger partial charge in [-0.3, -0.25) is 4.79 Å². The average molecular weight is 246 g/mol. The smallest absolute Gasteiger partial charge is 0.323 e. The van der Waals surface area contributed by atoms with Gasteiger partial charge < -0.3 is 20.1 Å². The maximum Gasteiger partial charge on any atom is 0.323 e. The molecule has 0 aliphatic heterocycles. The number of hydrogen-bond donors (Lipinski definition) is 2. The number of rotatable bonds is 8. The van der Waals surface area contributed by atoms with Crippen LogP contribution in [0.4, 0.5) is 0 Å². The molecule has 0 spiro atoms. The third kappa shape index (κ3) is 6.00. The molecule has 0 amide bonds. The summed E-state index contributed by atoms with van der Waals surface area (Å²) in [5.74, 6) is -0.846. The number of nitrogens with zero attached hydrogens (tertiary/aromatic N) is 1. The molecule has 2 N–H and O–H groups in total. The molecule has 0 bridgehead atoms. The van der Waals surface area contributed by atoms with Gasteiger partial charge in [-0.15, -0.1) is 0 Å². The fourth-order valence-corrected chi connectivity index (χ4v) is 1.69. The molecule has 0 saturated heterocycles. The van der Waals surface area contributed by atoms with E-state index < -0.39 is 17.1 Å². The highest BCUT2D eigenvalue weighted by Gasteiger charge is 2.38. The van der Waals surface area contributed by atoms with E-state index in [1.807, 2.05) is 32.8 Å². The Balaban J connectivity index is 4.52. The van der Waals surface area contributed by atoms with E-state index in [-0.39, 0.29) is 0 Å². The SMILES string of the molecule is COC(C)(C)CC(C)(NCCN(C)C)C(=O)O. The van der Waals surface area contributed by atoms with Crippen LogP contribution in [0.3, 0.4) is 0 Å². The number of carbonyl (C=O) groups is 1. The van der Waals surface area contributed by atoms with Crippen LogP contribution in [-0.4, -0.2) is 61.4 Å². The van der Waals surface area contributed by atoms with Crippen molar-refractivity contribution in [3.05, 3.63) is 0 Å². The van der Waals surface area contributed by atoms with Gasteiger partial charge in [-0.25, -0.2) is 0 Å². The van der Waals surface area contributed by atoms with E-state index in [9.17, 15) is 9.90 Å². The van der Waals surface area contributed by atoms with E-state index in [2.05, 4.69) is 5.32 Å². The summed E-state index contributed by atoms with van der Waals surface area (Å²) in [6.45, 7) is 6.92. The van der Waals surface area contributed by atoms with Gasteiger partial charge in [0.15, 0.2) is 0 Å². The molecule has 0 aliphatic carbocycles. The second-order valence-electron chi connectivity index (χ2n) is 5.51. The first-order valence-electron chi connectivity index (χ1n) is 5.81. The Morgan fingerprint density at radius 1 is 1.35 bits per heavy atom. The molecular formula is C12H26N2O3. The van der Waals surface area contributed by atoms with Gasteiger partial charge in [-0.05, 0) is 34.9 Å².